The normalized spacial score (nSPS) is 23.6. The van der Waals surface area contributed by atoms with Crippen LogP contribution in [-0.2, 0) is 14.3 Å². The minimum Gasteiger partial charge on any atom is -0.469 e. The van der Waals surface area contributed by atoms with Gasteiger partial charge in [0.15, 0.2) is 0 Å². The summed E-state index contributed by atoms with van der Waals surface area (Å²) < 4.78 is 10.0. The van der Waals surface area contributed by atoms with E-state index in [1.807, 2.05) is 45.9 Å². The second-order valence-corrected chi connectivity index (χ2v) is 6.69. The van der Waals surface area contributed by atoms with Gasteiger partial charge in [-0.2, -0.15) is 0 Å². The highest BCUT2D eigenvalue weighted by Crippen LogP contribution is 2.54. The number of carbonyl (C=O) groups excluding carboxylic acids is 2. The zero-order valence-corrected chi connectivity index (χ0v) is 13.7. The van der Waals surface area contributed by atoms with Crippen LogP contribution in [0, 0.1) is 11.8 Å². The number of methoxy groups -OCH3 is 1. The first-order valence-electron chi connectivity index (χ1n) is 7.40. The highest BCUT2D eigenvalue weighted by Gasteiger charge is 2.53. The van der Waals surface area contributed by atoms with Gasteiger partial charge in [-0.05, 0) is 44.4 Å². The lowest BCUT2D eigenvalue weighted by Gasteiger charge is -2.19. The third-order valence-corrected chi connectivity index (χ3v) is 3.77. The summed E-state index contributed by atoms with van der Waals surface area (Å²) in [6.45, 7) is 7.47. The molecule has 5 nitrogen and oxygen atoms in total. The number of ether oxygens (including phenoxy) is 2. The van der Waals surface area contributed by atoms with E-state index in [0.29, 0.717) is 5.69 Å². The molecule has 1 aliphatic carbocycles. The number of anilines is 1. The number of rotatable bonds is 3. The zero-order chi connectivity index (χ0) is 16.5. The SMILES string of the molecule is COC(=O)[C@@H]1[C@@H](C)[C@@H]1c1cccc(NC(=O)OC(C)(C)C)c1. The van der Waals surface area contributed by atoms with Crippen molar-refractivity contribution in [1.29, 1.82) is 0 Å². The van der Waals surface area contributed by atoms with Crippen molar-refractivity contribution < 1.29 is 19.1 Å². The van der Waals surface area contributed by atoms with Gasteiger partial charge in [-0.3, -0.25) is 10.1 Å². The molecule has 0 saturated heterocycles. The Morgan fingerprint density at radius 3 is 2.50 bits per heavy atom. The van der Waals surface area contributed by atoms with Crippen molar-refractivity contribution >= 4 is 17.7 Å². The van der Waals surface area contributed by atoms with E-state index in [0.717, 1.165) is 5.56 Å². The lowest BCUT2D eigenvalue weighted by molar-refractivity contribution is -0.142. The predicted octanol–water partition coefficient (Wildman–Crippen LogP) is 3.56. The van der Waals surface area contributed by atoms with Crippen LogP contribution in [0.2, 0.25) is 0 Å². The van der Waals surface area contributed by atoms with E-state index in [-0.39, 0.29) is 23.7 Å². The number of hydrogen-bond donors (Lipinski definition) is 1. The van der Waals surface area contributed by atoms with E-state index in [9.17, 15) is 9.59 Å². The molecule has 0 aromatic heterocycles. The molecule has 3 atom stereocenters. The lowest BCUT2D eigenvalue weighted by Crippen LogP contribution is -2.27. The number of amides is 1. The summed E-state index contributed by atoms with van der Waals surface area (Å²) in [5.74, 6) is 0.127. The molecular weight excluding hydrogens is 282 g/mol. The summed E-state index contributed by atoms with van der Waals surface area (Å²) >= 11 is 0. The molecule has 2 rings (SSSR count). The van der Waals surface area contributed by atoms with E-state index in [1.165, 1.54) is 7.11 Å². The van der Waals surface area contributed by atoms with Gasteiger partial charge in [0.2, 0.25) is 0 Å². The van der Waals surface area contributed by atoms with Gasteiger partial charge in [-0.15, -0.1) is 0 Å². The molecule has 0 bridgehead atoms. The van der Waals surface area contributed by atoms with Gasteiger partial charge >= 0.3 is 12.1 Å². The summed E-state index contributed by atoms with van der Waals surface area (Å²) in [7, 11) is 1.41. The Morgan fingerprint density at radius 2 is 1.91 bits per heavy atom. The van der Waals surface area contributed by atoms with Crippen molar-refractivity contribution in [3.63, 3.8) is 0 Å². The Labute approximate surface area is 131 Å². The van der Waals surface area contributed by atoms with E-state index < -0.39 is 11.7 Å². The highest BCUT2D eigenvalue weighted by atomic mass is 16.6. The van der Waals surface area contributed by atoms with E-state index in [4.69, 9.17) is 9.47 Å². The lowest BCUT2D eigenvalue weighted by atomic mass is 10.1. The quantitative estimate of drug-likeness (QED) is 0.867. The van der Waals surface area contributed by atoms with Crippen molar-refractivity contribution in [1.82, 2.24) is 0 Å². The molecule has 5 heteroatoms. The van der Waals surface area contributed by atoms with Crippen LogP contribution in [0.4, 0.5) is 10.5 Å². The molecule has 1 aromatic rings. The Balaban J connectivity index is 2.05. The second kappa shape index (κ2) is 5.99. The first kappa shape index (κ1) is 16.3. The van der Waals surface area contributed by atoms with Gasteiger partial charge in [-0.1, -0.05) is 19.1 Å². The number of esters is 1. The molecule has 1 saturated carbocycles. The van der Waals surface area contributed by atoms with Crippen molar-refractivity contribution in [2.24, 2.45) is 11.8 Å². The molecule has 0 heterocycles. The predicted molar refractivity (Wildman–Crippen MR) is 83.7 cm³/mol. The maximum atomic E-state index is 11.8. The second-order valence-electron chi connectivity index (χ2n) is 6.69. The van der Waals surface area contributed by atoms with Crippen LogP contribution in [0.15, 0.2) is 24.3 Å². The Bertz CT molecular complexity index is 576. The number of hydrogen-bond acceptors (Lipinski definition) is 4. The van der Waals surface area contributed by atoms with Gasteiger partial charge < -0.3 is 9.47 Å². The standard InChI is InChI=1S/C17H23NO4/c1-10-13(14(10)15(19)21-5)11-7-6-8-12(9-11)18-16(20)22-17(2,3)4/h6-10,13-14H,1-5H3,(H,18,20)/t10-,13+,14+/m0/s1. The number of carbonyl (C=O) groups is 2. The van der Waals surface area contributed by atoms with Crippen molar-refractivity contribution in [2.75, 3.05) is 12.4 Å². The van der Waals surface area contributed by atoms with Crippen LogP contribution in [0.5, 0.6) is 0 Å². The average molecular weight is 305 g/mol. The van der Waals surface area contributed by atoms with Crippen LogP contribution < -0.4 is 5.32 Å². The molecule has 22 heavy (non-hydrogen) atoms. The van der Waals surface area contributed by atoms with Gasteiger partial charge in [0.1, 0.15) is 5.60 Å². The van der Waals surface area contributed by atoms with Gasteiger partial charge in [0.25, 0.3) is 0 Å². The molecule has 0 spiro atoms. The highest BCUT2D eigenvalue weighted by molar-refractivity contribution is 5.85. The van der Waals surface area contributed by atoms with Gasteiger partial charge in [0, 0.05) is 11.6 Å². The average Bonchev–Trinajstić information content (AvgIpc) is 3.07. The maximum absolute atomic E-state index is 11.8. The molecule has 1 aliphatic rings. The molecule has 0 aliphatic heterocycles. The fraction of sp³-hybridized carbons (Fsp3) is 0.529. The molecule has 120 valence electrons. The molecule has 1 fully saturated rings. The largest absolute Gasteiger partial charge is 0.469 e. The van der Waals surface area contributed by atoms with Gasteiger partial charge in [0.05, 0.1) is 13.0 Å². The Morgan fingerprint density at radius 1 is 1.23 bits per heavy atom. The van der Waals surface area contributed by atoms with E-state index >= 15 is 0 Å². The molecule has 1 amide bonds. The van der Waals surface area contributed by atoms with Crippen molar-refractivity contribution in [2.45, 2.75) is 39.2 Å². The van der Waals surface area contributed by atoms with Crippen LogP contribution >= 0.6 is 0 Å². The third kappa shape index (κ3) is 3.78. The van der Waals surface area contributed by atoms with Crippen LogP contribution in [0.1, 0.15) is 39.2 Å². The summed E-state index contributed by atoms with van der Waals surface area (Å²) in [4.78, 5) is 23.5. The molecular formula is C17H23NO4. The summed E-state index contributed by atoms with van der Waals surface area (Å²) in [6.07, 6.45) is -0.488. The van der Waals surface area contributed by atoms with Crippen LogP contribution in [0.25, 0.3) is 0 Å². The van der Waals surface area contributed by atoms with Crippen molar-refractivity contribution in [3.05, 3.63) is 29.8 Å². The van der Waals surface area contributed by atoms with Crippen LogP contribution in [0.3, 0.4) is 0 Å². The minimum absolute atomic E-state index is 0.0956. The molecule has 1 N–H and O–H groups in total. The van der Waals surface area contributed by atoms with Gasteiger partial charge in [-0.25, -0.2) is 4.79 Å². The first-order chi connectivity index (χ1) is 10.2. The molecule has 0 unspecified atom stereocenters. The van der Waals surface area contributed by atoms with Crippen LogP contribution in [-0.4, -0.2) is 24.8 Å². The van der Waals surface area contributed by atoms with E-state index in [2.05, 4.69) is 5.32 Å². The number of nitrogens with one attached hydrogen (secondary N) is 1. The fourth-order valence-electron chi connectivity index (χ4n) is 2.72. The zero-order valence-electron chi connectivity index (χ0n) is 13.7. The fourth-order valence-corrected chi connectivity index (χ4v) is 2.72. The first-order valence-corrected chi connectivity index (χ1v) is 7.40. The third-order valence-electron chi connectivity index (χ3n) is 3.77. The Hall–Kier alpha value is -2.04. The summed E-state index contributed by atoms with van der Waals surface area (Å²) in [5.41, 5.74) is 1.15. The topological polar surface area (TPSA) is 64.6 Å². The minimum atomic E-state index is -0.539. The monoisotopic (exact) mass is 305 g/mol. The van der Waals surface area contributed by atoms with E-state index in [1.54, 1.807) is 6.07 Å². The Kier molecular flexibility index (Phi) is 4.44. The maximum Gasteiger partial charge on any atom is 0.412 e. The van der Waals surface area contributed by atoms with Crippen molar-refractivity contribution in [3.8, 4) is 0 Å². The summed E-state index contributed by atoms with van der Waals surface area (Å²) in [5, 5.41) is 2.72. The summed E-state index contributed by atoms with van der Waals surface area (Å²) in [6, 6.07) is 7.51. The molecule has 1 aromatic carbocycles. The number of benzene rings is 1. The molecule has 0 radical (unpaired) electrons. The smallest absolute Gasteiger partial charge is 0.412 e.